The second-order valence-corrected chi connectivity index (χ2v) is 8.14. The van der Waals surface area contributed by atoms with Crippen LogP contribution in [0.1, 0.15) is 27.0 Å². The molecule has 0 spiro atoms. The average Bonchev–Trinajstić information content (AvgIpc) is 2.64. The largest absolute Gasteiger partial charge is 0.293 e. The van der Waals surface area contributed by atoms with Gasteiger partial charge in [-0.2, -0.15) is 0 Å². The van der Waals surface area contributed by atoms with Gasteiger partial charge in [-0.3, -0.25) is 4.79 Å². The van der Waals surface area contributed by atoms with E-state index in [4.69, 9.17) is 0 Å². The van der Waals surface area contributed by atoms with Gasteiger partial charge in [0.15, 0.2) is 5.78 Å². The third-order valence-corrected chi connectivity index (χ3v) is 5.72. The number of aryl methyl sites for hydroxylation is 3. The summed E-state index contributed by atoms with van der Waals surface area (Å²) in [7, 11) is 0. The van der Waals surface area contributed by atoms with Crippen LogP contribution in [0.2, 0.25) is 0 Å². The van der Waals surface area contributed by atoms with Crippen molar-refractivity contribution in [2.24, 2.45) is 0 Å². The molecule has 0 saturated carbocycles. The number of halogens is 1. The minimum atomic E-state index is 0.120. The van der Waals surface area contributed by atoms with Crippen LogP contribution in [0.25, 0.3) is 11.3 Å². The van der Waals surface area contributed by atoms with Gasteiger partial charge in [0.25, 0.3) is 0 Å². The first-order valence-electron chi connectivity index (χ1n) is 8.27. The molecule has 0 radical (unpaired) electrons. The highest BCUT2D eigenvalue weighted by Gasteiger charge is 2.12. The van der Waals surface area contributed by atoms with Gasteiger partial charge in [0.2, 0.25) is 0 Å². The molecule has 0 atom stereocenters. The number of carbonyl (C=O) groups excluding carboxylic acids is 1. The van der Waals surface area contributed by atoms with E-state index in [1.54, 1.807) is 0 Å². The molecular formula is C21H19BrN2OS. The second kappa shape index (κ2) is 8.14. The van der Waals surface area contributed by atoms with Gasteiger partial charge in [-0.1, -0.05) is 45.9 Å². The van der Waals surface area contributed by atoms with E-state index in [1.807, 2.05) is 56.3 Å². The monoisotopic (exact) mass is 426 g/mol. The van der Waals surface area contributed by atoms with Crippen molar-refractivity contribution in [1.29, 1.82) is 0 Å². The molecule has 132 valence electrons. The first kappa shape index (κ1) is 18.8. The van der Waals surface area contributed by atoms with E-state index in [2.05, 4.69) is 39.1 Å². The van der Waals surface area contributed by atoms with Gasteiger partial charge in [0.05, 0.1) is 11.4 Å². The Morgan fingerprint density at radius 1 is 0.923 bits per heavy atom. The van der Waals surface area contributed by atoms with E-state index < -0.39 is 0 Å². The van der Waals surface area contributed by atoms with Gasteiger partial charge in [0.1, 0.15) is 5.03 Å². The highest BCUT2D eigenvalue weighted by Crippen LogP contribution is 2.23. The summed E-state index contributed by atoms with van der Waals surface area (Å²) in [4.78, 5) is 12.5. The second-order valence-electron chi connectivity index (χ2n) is 6.23. The minimum Gasteiger partial charge on any atom is -0.293 e. The Hall–Kier alpha value is -1.98. The number of thioether (sulfide) groups is 1. The number of nitrogens with zero attached hydrogens (tertiary/aromatic N) is 2. The van der Waals surface area contributed by atoms with Crippen molar-refractivity contribution in [2.45, 2.75) is 25.8 Å². The first-order valence-corrected chi connectivity index (χ1v) is 10.1. The van der Waals surface area contributed by atoms with Gasteiger partial charge in [-0.25, -0.2) is 0 Å². The summed E-state index contributed by atoms with van der Waals surface area (Å²) in [6.07, 6.45) is 0. The zero-order valence-corrected chi connectivity index (χ0v) is 17.3. The Labute approximate surface area is 166 Å². The third kappa shape index (κ3) is 4.40. The lowest BCUT2D eigenvalue weighted by Crippen LogP contribution is -2.06. The van der Waals surface area contributed by atoms with Gasteiger partial charge in [0, 0.05) is 15.6 Å². The maximum atomic E-state index is 12.5. The minimum absolute atomic E-state index is 0.120. The van der Waals surface area contributed by atoms with Gasteiger partial charge < -0.3 is 0 Å². The van der Waals surface area contributed by atoms with Crippen LogP contribution in [0.3, 0.4) is 0 Å². The fourth-order valence-corrected chi connectivity index (χ4v) is 3.61. The molecule has 0 N–H and O–H groups in total. The van der Waals surface area contributed by atoms with Crippen molar-refractivity contribution in [1.82, 2.24) is 10.2 Å². The topological polar surface area (TPSA) is 42.9 Å². The highest BCUT2D eigenvalue weighted by molar-refractivity contribution is 9.10. The molecule has 26 heavy (non-hydrogen) atoms. The smallest absolute Gasteiger partial charge is 0.173 e. The van der Waals surface area contributed by atoms with Crippen LogP contribution in [-0.4, -0.2) is 21.7 Å². The lowest BCUT2D eigenvalue weighted by atomic mass is 9.99. The Bertz CT molecular complexity index is 937. The quantitative estimate of drug-likeness (QED) is 0.381. The predicted octanol–water partition coefficient (Wildman–Crippen LogP) is 5.81. The maximum Gasteiger partial charge on any atom is 0.173 e. The lowest BCUT2D eigenvalue weighted by Gasteiger charge is -2.09. The Balaban J connectivity index is 1.67. The number of hydrogen-bond acceptors (Lipinski definition) is 4. The van der Waals surface area contributed by atoms with Crippen LogP contribution >= 0.6 is 27.7 Å². The van der Waals surface area contributed by atoms with E-state index in [0.29, 0.717) is 5.75 Å². The molecule has 3 aromatic rings. The molecule has 3 nitrogen and oxygen atoms in total. The molecular weight excluding hydrogens is 408 g/mol. The molecule has 0 unspecified atom stereocenters. The summed E-state index contributed by atoms with van der Waals surface area (Å²) in [5.74, 6) is 0.477. The van der Waals surface area contributed by atoms with Crippen LogP contribution in [0.5, 0.6) is 0 Å². The van der Waals surface area contributed by atoms with Crippen molar-refractivity contribution in [2.75, 3.05) is 5.75 Å². The van der Waals surface area contributed by atoms with Crippen molar-refractivity contribution in [3.8, 4) is 11.3 Å². The number of aromatic nitrogens is 2. The van der Waals surface area contributed by atoms with E-state index in [-0.39, 0.29) is 5.78 Å². The number of rotatable bonds is 5. The van der Waals surface area contributed by atoms with Crippen molar-refractivity contribution in [3.63, 3.8) is 0 Å². The van der Waals surface area contributed by atoms with Crippen molar-refractivity contribution >= 4 is 33.5 Å². The normalized spacial score (nSPS) is 10.8. The molecule has 2 aromatic carbocycles. The molecule has 0 aliphatic heterocycles. The summed E-state index contributed by atoms with van der Waals surface area (Å²) >= 11 is 4.84. The van der Waals surface area contributed by atoms with Gasteiger partial charge in [-0.05, 0) is 67.8 Å². The Kier molecular flexibility index (Phi) is 5.89. The molecule has 0 aliphatic carbocycles. The third-order valence-electron chi connectivity index (χ3n) is 4.27. The molecule has 3 rings (SSSR count). The summed E-state index contributed by atoms with van der Waals surface area (Å²) in [5, 5.41) is 9.27. The van der Waals surface area contributed by atoms with Gasteiger partial charge in [-0.15, -0.1) is 10.2 Å². The van der Waals surface area contributed by atoms with Crippen LogP contribution < -0.4 is 0 Å². The highest BCUT2D eigenvalue weighted by atomic mass is 79.9. The molecule has 0 aliphatic rings. The van der Waals surface area contributed by atoms with Crippen molar-refractivity contribution < 1.29 is 4.79 Å². The molecule has 0 fully saturated rings. The van der Waals surface area contributed by atoms with Crippen LogP contribution in [0, 0.1) is 20.8 Å². The average molecular weight is 427 g/mol. The van der Waals surface area contributed by atoms with E-state index in [1.165, 1.54) is 17.3 Å². The van der Waals surface area contributed by atoms with Crippen LogP contribution in [0.4, 0.5) is 0 Å². The van der Waals surface area contributed by atoms with Crippen molar-refractivity contribution in [3.05, 3.63) is 75.3 Å². The van der Waals surface area contributed by atoms with Gasteiger partial charge >= 0.3 is 0 Å². The lowest BCUT2D eigenvalue weighted by molar-refractivity contribution is 0.102. The SMILES string of the molecule is Cc1cc(C)c(C(=O)CSc2ccc(-c3ccc(Br)cc3)nn2)cc1C. The molecule has 5 heteroatoms. The Morgan fingerprint density at radius 3 is 2.27 bits per heavy atom. The Morgan fingerprint density at radius 2 is 1.62 bits per heavy atom. The number of hydrogen-bond donors (Lipinski definition) is 0. The van der Waals surface area contributed by atoms with E-state index in [9.17, 15) is 4.79 Å². The molecule has 0 saturated heterocycles. The zero-order chi connectivity index (χ0) is 18.7. The van der Waals surface area contributed by atoms with Crippen LogP contribution in [-0.2, 0) is 0 Å². The molecule has 1 heterocycles. The first-order chi connectivity index (χ1) is 12.4. The summed E-state index contributed by atoms with van der Waals surface area (Å²) in [6.45, 7) is 6.08. The zero-order valence-electron chi connectivity index (χ0n) is 14.9. The summed E-state index contributed by atoms with van der Waals surface area (Å²) < 4.78 is 1.03. The fraction of sp³-hybridized carbons (Fsp3) is 0.190. The number of ketones is 1. The van der Waals surface area contributed by atoms with Crippen LogP contribution in [0.15, 0.2) is 58.0 Å². The summed E-state index contributed by atoms with van der Waals surface area (Å²) in [6, 6.07) is 15.8. The fourth-order valence-electron chi connectivity index (χ4n) is 2.65. The number of benzene rings is 2. The van der Waals surface area contributed by atoms with E-state index >= 15 is 0 Å². The van der Waals surface area contributed by atoms with E-state index in [0.717, 1.165) is 37.4 Å². The molecule has 0 bridgehead atoms. The molecule has 0 amide bonds. The number of carbonyl (C=O) groups is 1. The standard InChI is InChI=1S/C21H19BrN2OS/c1-13-10-15(3)18(11-14(13)2)20(25)12-26-21-9-8-19(23-24-21)16-4-6-17(22)7-5-16/h4-11H,12H2,1-3H3. The maximum absolute atomic E-state index is 12.5. The summed E-state index contributed by atoms with van der Waals surface area (Å²) in [5.41, 5.74) is 6.00. The predicted molar refractivity (Wildman–Crippen MR) is 111 cm³/mol. The number of Topliss-reactive ketones (excluding diaryl/α,β-unsaturated/α-hetero) is 1. The molecule has 1 aromatic heterocycles.